The van der Waals surface area contributed by atoms with Gasteiger partial charge in [0.25, 0.3) is 0 Å². The van der Waals surface area contributed by atoms with E-state index in [1.807, 2.05) is 30.6 Å². The zero-order chi connectivity index (χ0) is 13.1. The maximum absolute atomic E-state index is 9.50. The third kappa shape index (κ3) is 2.74. The highest BCUT2D eigenvalue weighted by Crippen LogP contribution is 2.20. The fraction of sp³-hybridized carbons (Fsp3) is 0.333. The number of piperidine rings is 1. The van der Waals surface area contributed by atoms with Crippen LogP contribution in [0.2, 0.25) is 0 Å². The van der Waals surface area contributed by atoms with Gasteiger partial charge in [-0.1, -0.05) is 30.3 Å². The second kappa shape index (κ2) is 5.36. The Kier molecular flexibility index (Phi) is 3.42. The van der Waals surface area contributed by atoms with Crippen LogP contribution in [0.25, 0.3) is 11.1 Å². The van der Waals surface area contributed by atoms with Crippen LogP contribution in [0.3, 0.4) is 0 Å². The molecule has 2 heterocycles. The number of aliphatic hydroxyl groups is 1. The summed E-state index contributed by atoms with van der Waals surface area (Å²) in [5.74, 6) is 0.756. The predicted molar refractivity (Wildman–Crippen MR) is 74.9 cm³/mol. The summed E-state index contributed by atoms with van der Waals surface area (Å²) in [5, 5.41) is 9.50. The Morgan fingerprint density at radius 1 is 0.947 bits per heavy atom. The van der Waals surface area contributed by atoms with Crippen molar-refractivity contribution in [1.82, 2.24) is 9.97 Å². The van der Waals surface area contributed by atoms with Gasteiger partial charge in [0, 0.05) is 31.0 Å². The first-order valence-corrected chi connectivity index (χ1v) is 6.63. The number of nitrogens with zero attached hydrogens (tertiary/aromatic N) is 3. The molecule has 2 aromatic rings. The second-order valence-corrected chi connectivity index (χ2v) is 4.86. The van der Waals surface area contributed by atoms with Gasteiger partial charge in [0.05, 0.1) is 6.10 Å². The number of benzene rings is 1. The van der Waals surface area contributed by atoms with Gasteiger partial charge in [0.2, 0.25) is 5.95 Å². The van der Waals surface area contributed by atoms with Gasteiger partial charge in [0.15, 0.2) is 0 Å². The molecule has 1 N–H and O–H groups in total. The standard InChI is InChI=1S/C15H17N3O/c19-14-6-8-18(9-7-14)15-16-10-13(11-17-15)12-4-2-1-3-5-12/h1-5,10-11,14,19H,6-9H2. The van der Waals surface area contributed by atoms with Crippen molar-refractivity contribution in [1.29, 1.82) is 0 Å². The first-order valence-electron chi connectivity index (χ1n) is 6.63. The van der Waals surface area contributed by atoms with E-state index < -0.39 is 0 Å². The Balaban J connectivity index is 1.76. The number of aliphatic hydroxyl groups excluding tert-OH is 1. The van der Waals surface area contributed by atoms with Crippen LogP contribution in [-0.2, 0) is 0 Å². The number of rotatable bonds is 2. The summed E-state index contributed by atoms with van der Waals surface area (Å²) in [5.41, 5.74) is 2.16. The monoisotopic (exact) mass is 255 g/mol. The van der Waals surface area contributed by atoms with Crippen LogP contribution < -0.4 is 4.90 Å². The van der Waals surface area contributed by atoms with E-state index in [0.717, 1.165) is 43.0 Å². The molecule has 1 fully saturated rings. The summed E-state index contributed by atoms with van der Waals surface area (Å²) in [7, 11) is 0. The Morgan fingerprint density at radius 3 is 2.21 bits per heavy atom. The maximum Gasteiger partial charge on any atom is 0.225 e. The third-order valence-corrected chi connectivity index (χ3v) is 3.49. The summed E-state index contributed by atoms with van der Waals surface area (Å²) in [6.45, 7) is 1.65. The highest BCUT2D eigenvalue weighted by Gasteiger charge is 2.18. The molecular weight excluding hydrogens is 238 g/mol. The molecule has 0 amide bonds. The van der Waals surface area contributed by atoms with Crippen molar-refractivity contribution in [3.63, 3.8) is 0 Å². The van der Waals surface area contributed by atoms with Crippen molar-refractivity contribution in [3.05, 3.63) is 42.7 Å². The number of anilines is 1. The molecular formula is C15H17N3O. The van der Waals surface area contributed by atoms with Gasteiger partial charge in [-0.3, -0.25) is 0 Å². The van der Waals surface area contributed by atoms with Gasteiger partial charge in [0.1, 0.15) is 0 Å². The molecule has 0 atom stereocenters. The van der Waals surface area contributed by atoms with E-state index in [1.165, 1.54) is 0 Å². The lowest BCUT2D eigenvalue weighted by Crippen LogP contribution is -2.36. The summed E-state index contributed by atoms with van der Waals surface area (Å²) in [4.78, 5) is 11.0. The van der Waals surface area contributed by atoms with Crippen molar-refractivity contribution >= 4 is 5.95 Å². The zero-order valence-electron chi connectivity index (χ0n) is 10.7. The molecule has 1 aromatic carbocycles. The molecule has 1 saturated heterocycles. The van der Waals surface area contributed by atoms with Gasteiger partial charge >= 0.3 is 0 Å². The van der Waals surface area contributed by atoms with Crippen molar-refractivity contribution in [3.8, 4) is 11.1 Å². The molecule has 4 nitrogen and oxygen atoms in total. The van der Waals surface area contributed by atoms with Crippen LogP contribution in [0.1, 0.15) is 12.8 Å². The second-order valence-electron chi connectivity index (χ2n) is 4.86. The van der Waals surface area contributed by atoms with E-state index in [2.05, 4.69) is 27.0 Å². The minimum Gasteiger partial charge on any atom is -0.393 e. The van der Waals surface area contributed by atoms with Crippen molar-refractivity contribution < 1.29 is 5.11 Å². The first kappa shape index (κ1) is 12.1. The van der Waals surface area contributed by atoms with Gasteiger partial charge in [-0.25, -0.2) is 9.97 Å². The number of hydrogen-bond acceptors (Lipinski definition) is 4. The van der Waals surface area contributed by atoms with Crippen LogP contribution in [-0.4, -0.2) is 34.3 Å². The highest BCUT2D eigenvalue weighted by atomic mass is 16.3. The molecule has 4 heteroatoms. The smallest absolute Gasteiger partial charge is 0.225 e. The SMILES string of the molecule is OC1CCN(c2ncc(-c3ccccc3)cn2)CC1. The number of hydrogen-bond donors (Lipinski definition) is 1. The largest absolute Gasteiger partial charge is 0.393 e. The number of aromatic nitrogens is 2. The lowest BCUT2D eigenvalue weighted by atomic mass is 10.1. The third-order valence-electron chi connectivity index (χ3n) is 3.49. The van der Waals surface area contributed by atoms with Crippen molar-refractivity contribution in [2.24, 2.45) is 0 Å². The molecule has 1 aromatic heterocycles. The topological polar surface area (TPSA) is 49.2 Å². The van der Waals surface area contributed by atoms with Crippen molar-refractivity contribution in [2.75, 3.05) is 18.0 Å². The Morgan fingerprint density at radius 2 is 1.58 bits per heavy atom. The Hall–Kier alpha value is -1.94. The Bertz CT molecular complexity index is 519. The lowest BCUT2D eigenvalue weighted by Gasteiger charge is -2.29. The Labute approximate surface area is 112 Å². The van der Waals surface area contributed by atoms with Gasteiger partial charge in [-0.15, -0.1) is 0 Å². The van der Waals surface area contributed by atoms with Crippen LogP contribution in [0.15, 0.2) is 42.7 Å². The fourth-order valence-electron chi connectivity index (χ4n) is 2.33. The lowest BCUT2D eigenvalue weighted by molar-refractivity contribution is 0.145. The molecule has 0 unspecified atom stereocenters. The molecule has 3 rings (SSSR count). The summed E-state index contributed by atoms with van der Waals surface area (Å²) in [6.07, 6.45) is 5.15. The maximum atomic E-state index is 9.50. The molecule has 0 radical (unpaired) electrons. The molecule has 0 bridgehead atoms. The summed E-state index contributed by atoms with van der Waals surface area (Å²) in [6, 6.07) is 10.1. The van der Waals surface area contributed by atoms with E-state index in [-0.39, 0.29) is 6.10 Å². The van der Waals surface area contributed by atoms with E-state index in [1.54, 1.807) is 0 Å². The molecule has 19 heavy (non-hydrogen) atoms. The summed E-state index contributed by atoms with van der Waals surface area (Å²) >= 11 is 0. The van der Waals surface area contributed by atoms with Crippen molar-refractivity contribution in [2.45, 2.75) is 18.9 Å². The molecule has 98 valence electrons. The summed E-state index contributed by atoms with van der Waals surface area (Å²) < 4.78 is 0. The average molecular weight is 255 g/mol. The highest BCUT2D eigenvalue weighted by molar-refractivity contribution is 5.61. The quantitative estimate of drug-likeness (QED) is 0.893. The minimum atomic E-state index is -0.167. The zero-order valence-corrected chi connectivity index (χ0v) is 10.7. The van der Waals surface area contributed by atoms with Gasteiger partial charge in [-0.2, -0.15) is 0 Å². The molecule has 0 aliphatic carbocycles. The van der Waals surface area contributed by atoms with Crippen LogP contribution >= 0.6 is 0 Å². The van der Waals surface area contributed by atoms with Gasteiger partial charge in [-0.05, 0) is 18.4 Å². The molecule has 1 aliphatic heterocycles. The molecule has 1 aliphatic rings. The van der Waals surface area contributed by atoms with Crippen LogP contribution in [0.5, 0.6) is 0 Å². The molecule has 0 spiro atoms. The normalized spacial score (nSPS) is 16.6. The van der Waals surface area contributed by atoms with E-state index in [4.69, 9.17) is 0 Å². The van der Waals surface area contributed by atoms with Gasteiger partial charge < -0.3 is 10.0 Å². The first-order chi connectivity index (χ1) is 9.33. The average Bonchev–Trinajstić information content (AvgIpc) is 2.49. The fourth-order valence-corrected chi connectivity index (χ4v) is 2.33. The van der Waals surface area contributed by atoms with E-state index >= 15 is 0 Å². The molecule has 0 saturated carbocycles. The minimum absolute atomic E-state index is 0.167. The predicted octanol–water partition coefficient (Wildman–Crippen LogP) is 2.10. The van der Waals surface area contributed by atoms with E-state index in [0.29, 0.717) is 0 Å². The van der Waals surface area contributed by atoms with E-state index in [9.17, 15) is 5.11 Å². The van der Waals surface area contributed by atoms with Crippen LogP contribution in [0, 0.1) is 0 Å². The van der Waals surface area contributed by atoms with Crippen LogP contribution in [0.4, 0.5) is 5.95 Å².